The summed E-state index contributed by atoms with van der Waals surface area (Å²) in [6.07, 6.45) is 0. The van der Waals surface area contributed by atoms with Gasteiger partial charge in [-0.15, -0.1) is 0 Å². The molecule has 0 spiro atoms. The Labute approximate surface area is 137 Å². The van der Waals surface area contributed by atoms with Crippen LogP contribution in [0, 0.1) is 5.41 Å². The van der Waals surface area contributed by atoms with Gasteiger partial charge in [0.05, 0.1) is 0 Å². The third-order valence-corrected chi connectivity index (χ3v) is 0.577. The summed E-state index contributed by atoms with van der Waals surface area (Å²) in [5.74, 6) is 0.167. The summed E-state index contributed by atoms with van der Waals surface area (Å²) >= 11 is 0. The maximum Gasteiger partial charge on any atom is 0.126 e. The molecule has 0 heterocycles. The number of rotatable bonds is 1. The van der Waals surface area contributed by atoms with E-state index in [1.54, 1.807) is 0 Å². The second kappa shape index (κ2) is 36.7. The summed E-state index contributed by atoms with van der Waals surface area (Å²) in [5.41, 5.74) is 0.500. The van der Waals surface area contributed by atoms with Crippen LogP contribution in [0.5, 0.6) is 0 Å². The molecule has 0 unspecified atom stereocenters. The fourth-order valence-corrected chi connectivity index (χ4v) is 0. The molecule has 0 fully saturated rings. The molecule has 0 amide bonds. The number of carbonyl (C=O) groups excluding carboxylic acids is 1. The molecule has 0 aliphatic carbocycles. The third-order valence-electron chi connectivity index (χ3n) is 0.577. The molecule has 0 aliphatic heterocycles. The normalized spacial score (nSPS) is 7.81. The molecule has 3 nitrogen and oxygen atoms in total. The minimum Gasteiger partial charge on any atom is -0.323 e. The monoisotopic (exact) mass is 308 g/mol. The van der Waals surface area contributed by atoms with Gasteiger partial charge in [0.25, 0.3) is 0 Å². The van der Waals surface area contributed by atoms with E-state index in [0.717, 1.165) is 0 Å². The number of carbonyl (C=O) groups is 1. The van der Waals surface area contributed by atoms with Gasteiger partial charge in [-0.2, -0.15) is 0 Å². The number of nitrogens with one attached hydrogen (secondary N) is 2. The number of hydrogen-bond acceptors (Lipinski definition) is 3. The van der Waals surface area contributed by atoms with Gasteiger partial charge in [-0.3, -0.25) is 0 Å². The van der Waals surface area contributed by atoms with Gasteiger partial charge in [0, 0.05) is 6.04 Å². The molecule has 0 aromatic heterocycles. The molecule has 0 bridgehead atoms. The zero-order chi connectivity index (χ0) is 19.1. The fraction of sp³-hybridized carbons (Fsp3) is 0.944. The topological polar surface area (TPSA) is 41.1 Å². The Hall–Kier alpha value is -0.410. The van der Waals surface area contributed by atoms with Crippen LogP contribution >= 0.6 is 0 Å². The van der Waals surface area contributed by atoms with Crippen molar-refractivity contribution in [2.24, 2.45) is 5.41 Å². The Morgan fingerprint density at radius 1 is 0.810 bits per heavy atom. The van der Waals surface area contributed by atoms with Crippen LogP contribution in [0.25, 0.3) is 0 Å². The lowest BCUT2D eigenvalue weighted by molar-refractivity contribution is -0.114. The molecular formula is C18H48N2O. The fourth-order valence-electron chi connectivity index (χ4n) is 0. The van der Waals surface area contributed by atoms with E-state index in [1.165, 1.54) is 13.8 Å². The zero-order valence-corrected chi connectivity index (χ0v) is 18.0. The van der Waals surface area contributed by atoms with E-state index in [1.807, 2.05) is 48.8 Å². The highest BCUT2D eigenvalue weighted by Crippen LogP contribution is 2.08. The SMILES string of the molecule is CC.CC.CC(C)(C)C.CC(C)=O.CNC.CNC(C)C. The standard InChI is InChI=1S/C5H12.C4H11N.C3H6O.C2H7N.2C2H6/c1-5(2,3)4;1-4(2)5-3;1-3(2)4;1-3-2;2*1-2/h1-4H3;4-5H,1-3H3;1-2H3;3H,1-2H3;2*1-2H3. The molecule has 2 N–H and O–H groups in total. The lowest BCUT2D eigenvalue weighted by atomic mass is 10.0. The van der Waals surface area contributed by atoms with E-state index >= 15 is 0 Å². The van der Waals surface area contributed by atoms with E-state index in [-0.39, 0.29) is 5.78 Å². The van der Waals surface area contributed by atoms with Crippen LogP contribution in [0.3, 0.4) is 0 Å². The highest BCUT2D eigenvalue weighted by Gasteiger charge is 1.95. The average molecular weight is 309 g/mol. The summed E-state index contributed by atoms with van der Waals surface area (Å²) in [6, 6.07) is 0.634. The molecule has 21 heavy (non-hydrogen) atoms. The molecule has 0 atom stereocenters. The molecule has 0 saturated heterocycles. The molecule has 0 saturated carbocycles. The van der Waals surface area contributed by atoms with Gasteiger partial charge in [0.2, 0.25) is 0 Å². The van der Waals surface area contributed by atoms with E-state index in [4.69, 9.17) is 0 Å². The van der Waals surface area contributed by atoms with Gasteiger partial charge in [-0.05, 0) is 40.4 Å². The third kappa shape index (κ3) is 2400. The predicted molar refractivity (Wildman–Crippen MR) is 103 cm³/mol. The van der Waals surface area contributed by atoms with Gasteiger partial charge < -0.3 is 15.4 Å². The van der Waals surface area contributed by atoms with Crippen LogP contribution in [0.15, 0.2) is 0 Å². The van der Waals surface area contributed by atoms with Gasteiger partial charge in [-0.25, -0.2) is 0 Å². The van der Waals surface area contributed by atoms with E-state index in [0.29, 0.717) is 11.5 Å². The first kappa shape index (κ1) is 37.1. The first-order valence-electron chi connectivity index (χ1n) is 8.15. The van der Waals surface area contributed by atoms with Crippen LogP contribution in [-0.4, -0.2) is 33.0 Å². The summed E-state index contributed by atoms with van der Waals surface area (Å²) in [4.78, 5) is 9.44. The first-order chi connectivity index (χ1) is 9.42. The van der Waals surface area contributed by atoms with Crippen LogP contribution in [0.1, 0.15) is 83.1 Å². The van der Waals surface area contributed by atoms with E-state index in [9.17, 15) is 4.79 Å². The zero-order valence-electron chi connectivity index (χ0n) is 18.0. The molecule has 0 radical (unpaired) electrons. The Morgan fingerprint density at radius 2 is 0.857 bits per heavy atom. The Kier molecular flexibility index (Phi) is 64.8. The largest absolute Gasteiger partial charge is 0.323 e. The van der Waals surface area contributed by atoms with Crippen molar-refractivity contribution < 1.29 is 4.79 Å². The number of Topliss-reactive ketones (excluding diaryl/α,β-unsaturated/α-hetero) is 1. The molecule has 0 aliphatic rings. The van der Waals surface area contributed by atoms with Crippen LogP contribution in [-0.2, 0) is 4.79 Å². The molecule has 0 aromatic rings. The van der Waals surface area contributed by atoms with Crippen molar-refractivity contribution in [2.45, 2.75) is 89.1 Å². The van der Waals surface area contributed by atoms with Gasteiger partial charge in [-0.1, -0.05) is 69.2 Å². The summed E-state index contributed by atoms with van der Waals surface area (Å²) in [6.45, 7) is 24.0. The Bertz CT molecular complexity index is 129. The van der Waals surface area contributed by atoms with Crippen molar-refractivity contribution in [1.82, 2.24) is 10.6 Å². The molecule has 0 aromatic carbocycles. The summed E-state index contributed by atoms with van der Waals surface area (Å²) in [7, 11) is 5.70. The second-order valence-corrected chi connectivity index (χ2v) is 5.85. The lowest BCUT2D eigenvalue weighted by Gasteiger charge is -2.05. The Morgan fingerprint density at radius 3 is 0.857 bits per heavy atom. The van der Waals surface area contributed by atoms with E-state index < -0.39 is 0 Å². The summed E-state index contributed by atoms with van der Waals surface area (Å²) < 4.78 is 0. The maximum absolute atomic E-state index is 9.44. The maximum atomic E-state index is 9.44. The number of hydrogen-bond donors (Lipinski definition) is 2. The van der Waals surface area contributed by atoms with Crippen molar-refractivity contribution >= 4 is 5.78 Å². The first-order valence-corrected chi connectivity index (χ1v) is 8.15. The van der Waals surface area contributed by atoms with Crippen molar-refractivity contribution in [3.05, 3.63) is 0 Å². The quantitative estimate of drug-likeness (QED) is 0.704. The molecular weight excluding hydrogens is 260 g/mol. The van der Waals surface area contributed by atoms with Gasteiger partial charge >= 0.3 is 0 Å². The molecule has 136 valence electrons. The highest BCUT2D eigenvalue weighted by atomic mass is 16.1. The lowest BCUT2D eigenvalue weighted by Crippen LogP contribution is -2.15. The van der Waals surface area contributed by atoms with E-state index in [2.05, 4.69) is 52.2 Å². The number of ketones is 1. The predicted octanol–water partition coefficient (Wildman–Crippen LogP) is 5.15. The van der Waals surface area contributed by atoms with Crippen LogP contribution < -0.4 is 10.6 Å². The van der Waals surface area contributed by atoms with Crippen molar-refractivity contribution in [3.8, 4) is 0 Å². The molecule has 3 heteroatoms. The summed E-state index contributed by atoms with van der Waals surface area (Å²) in [5, 5.41) is 5.78. The Balaban J connectivity index is -0.0000000335. The smallest absolute Gasteiger partial charge is 0.126 e. The highest BCUT2D eigenvalue weighted by molar-refractivity contribution is 5.72. The van der Waals surface area contributed by atoms with Crippen LogP contribution in [0.4, 0.5) is 0 Å². The van der Waals surface area contributed by atoms with Gasteiger partial charge in [0.15, 0.2) is 0 Å². The molecule has 0 rings (SSSR count). The van der Waals surface area contributed by atoms with Crippen molar-refractivity contribution in [2.75, 3.05) is 21.1 Å². The minimum atomic E-state index is 0.167. The van der Waals surface area contributed by atoms with Crippen molar-refractivity contribution in [3.63, 3.8) is 0 Å². The van der Waals surface area contributed by atoms with Gasteiger partial charge in [0.1, 0.15) is 5.78 Å². The minimum absolute atomic E-state index is 0.167. The second-order valence-electron chi connectivity index (χ2n) is 5.85. The van der Waals surface area contributed by atoms with Crippen LogP contribution in [0.2, 0.25) is 0 Å². The van der Waals surface area contributed by atoms with Crippen molar-refractivity contribution in [1.29, 1.82) is 0 Å². The average Bonchev–Trinajstić information content (AvgIpc) is 2.32.